The fraction of sp³-hybridized carbons (Fsp3) is 0.643. The molecule has 0 radical (unpaired) electrons. The summed E-state index contributed by atoms with van der Waals surface area (Å²) in [6.45, 7) is 4.16. The lowest BCUT2D eigenvalue weighted by atomic mass is 9.87. The maximum atomic E-state index is 12.2. The quantitative estimate of drug-likeness (QED) is 0.867. The van der Waals surface area contributed by atoms with E-state index < -0.39 is 0 Å². The molecule has 1 aliphatic carbocycles. The molecule has 110 valence electrons. The lowest BCUT2D eigenvalue weighted by molar-refractivity contribution is -0.121. The van der Waals surface area contributed by atoms with Crippen LogP contribution in [0.25, 0.3) is 0 Å². The third-order valence-corrected chi connectivity index (χ3v) is 4.86. The van der Waals surface area contributed by atoms with Crippen molar-refractivity contribution in [2.24, 2.45) is 5.92 Å². The Balaban J connectivity index is 1.81. The van der Waals surface area contributed by atoms with Gasteiger partial charge in [0, 0.05) is 6.04 Å². The Morgan fingerprint density at radius 1 is 1.35 bits per heavy atom. The molecule has 0 unspecified atom stereocenters. The SMILES string of the molecule is CC1CCC(NC(=O)[C@H](C)Sc2ccc(Cl)nn2)CC1. The highest BCUT2D eigenvalue weighted by Crippen LogP contribution is 2.25. The number of amides is 1. The van der Waals surface area contributed by atoms with Gasteiger partial charge >= 0.3 is 0 Å². The molecule has 0 aliphatic heterocycles. The van der Waals surface area contributed by atoms with Crippen molar-refractivity contribution in [1.82, 2.24) is 15.5 Å². The van der Waals surface area contributed by atoms with Crippen LogP contribution in [0.15, 0.2) is 17.2 Å². The first kappa shape index (κ1) is 15.6. The smallest absolute Gasteiger partial charge is 0.233 e. The van der Waals surface area contributed by atoms with E-state index in [9.17, 15) is 4.79 Å². The number of carbonyl (C=O) groups is 1. The summed E-state index contributed by atoms with van der Waals surface area (Å²) in [4.78, 5) is 12.2. The number of rotatable bonds is 4. The molecule has 1 N–H and O–H groups in total. The summed E-state index contributed by atoms with van der Waals surface area (Å²) < 4.78 is 0. The Kier molecular flexibility index (Phi) is 5.66. The summed E-state index contributed by atoms with van der Waals surface area (Å²) in [6.07, 6.45) is 4.58. The molecule has 1 atom stereocenters. The zero-order chi connectivity index (χ0) is 14.5. The first-order valence-electron chi connectivity index (χ1n) is 7.01. The first-order valence-corrected chi connectivity index (χ1v) is 8.26. The summed E-state index contributed by atoms with van der Waals surface area (Å²) in [6, 6.07) is 3.80. The van der Waals surface area contributed by atoms with Crippen molar-refractivity contribution in [3.05, 3.63) is 17.3 Å². The van der Waals surface area contributed by atoms with Crippen molar-refractivity contribution in [3.63, 3.8) is 0 Å². The largest absolute Gasteiger partial charge is 0.352 e. The molecule has 2 rings (SSSR count). The van der Waals surface area contributed by atoms with Gasteiger partial charge in [-0.15, -0.1) is 10.2 Å². The van der Waals surface area contributed by atoms with E-state index in [1.165, 1.54) is 24.6 Å². The van der Waals surface area contributed by atoms with Gasteiger partial charge in [-0.25, -0.2) is 0 Å². The van der Waals surface area contributed by atoms with Crippen LogP contribution in [0.3, 0.4) is 0 Å². The minimum atomic E-state index is -0.176. The number of hydrogen-bond donors (Lipinski definition) is 1. The highest BCUT2D eigenvalue weighted by Gasteiger charge is 2.22. The molecule has 1 aliphatic rings. The number of nitrogens with zero attached hydrogens (tertiary/aromatic N) is 2. The van der Waals surface area contributed by atoms with Gasteiger partial charge in [0.05, 0.1) is 5.25 Å². The second-order valence-electron chi connectivity index (χ2n) is 5.42. The van der Waals surface area contributed by atoms with Crippen LogP contribution in [-0.4, -0.2) is 27.4 Å². The predicted octanol–water partition coefficient (Wildman–Crippen LogP) is 3.31. The first-order chi connectivity index (χ1) is 9.54. The molecular weight excluding hydrogens is 294 g/mol. The second kappa shape index (κ2) is 7.27. The van der Waals surface area contributed by atoms with E-state index in [4.69, 9.17) is 11.6 Å². The lowest BCUT2D eigenvalue weighted by Gasteiger charge is -2.27. The van der Waals surface area contributed by atoms with E-state index in [1.54, 1.807) is 12.1 Å². The third-order valence-electron chi connectivity index (χ3n) is 3.64. The highest BCUT2D eigenvalue weighted by molar-refractivity contribution is 8.00. The molecule has 1 aromatic heterocycles. The fourth-order valence-corrected chi connectivity index (χ4v) is 3.20. The van der Waals surface area contributed by atoms with Crippen molar-refractivity contribution < 1.29 is 4.79 Å². The van der Waals surface area contributed by atoms with Crippen molar-refractivity contribution in [1.29, 1.82) is 0 Å². The van der Waals surface area contributed by atoms with Gasteiger partial charge in [-0.05, 0) is 50.7 Å². The topological polar surface area (TPSA) is 54.9 Å². The van der Waals surface area contributed by atoms with E-state index in [2.05, 4.69) is 22.4 Å². The normalized spacial score (nSPS) is 24.1. The number of hydrogen-bond acceptors (Lipinski definition) is 4. The molecule has 1 aromatic rings. The molecule has 0 saturated heterocycles. The van der Waals surface area contributed by atoms with Gasteiger partial charge in [-0.1, -0.05) is 30.3 Å². The molecule has 1 saturated carbocycles. The van der Waals surface area contributed by atoms with Crippen molar-refractivity contribution in [3.8, 4) is 0 Å². The number of carbonyl (C=O) groups excluding carboxylic acids is 1. The van der Waals surface area contributed by atoms with E-state index in [-0.39, 0.29) is 11.2 Å². The summed E-state index contributed by atoms with van der Waals surface area (Å²) in [5.74, 6) is 0.866. The minimum absolute atomic E-state index is 0.0753. The molecule has 0 spiro atoms. The summed E-state index contributed by atoms with van der Waals surface area (Å²) in [7, 11) is 0. The average Bonchev–Trinajstić information content (AvgIpc) is 2.44. The van der Waals surface area contributed by atoms with Gasteiger partial charge in [0.15, 0.2) is 5.15 Å². The Morgan fingerprint density at radius 2 is 2.05 bits per heavy atom. The Bertz CT molecular complexity index is 446. The molecule has 0 aromatic carbocycles. The maximum absolute atomic E-state index is 12.2. The highest BCUT2D eigenvalue weighted by atomic mass is 35.5. The molecule has 1 fully saturated rings. The molecule has 1 amide bonds. The van der Waals surface area contributed by atoms with E-state index in [0.717, 1.165) is 18.8 Å². The monoisotopic (exact) mass is 313 g/mol. The second-order valence-corrected chi connectivity index (χ2v) is 7.17. The van der Waals surface area contributed by atoms with Crippen LogP contribution >= 0.6 is 23.4 Å². The fourth-order valence-electron chi connectivity index (χ4n) is 2.32. The van der Waals surface area contributed by atoms with Crippen molar-refractivity contribution >= 4 is 29.3 Å². The molecule has 0 bridgehead atoms. The third kappa shape index (κ3) is 4.63. The van der Waals surface area contributed by atoms with Gasteiger partial charge in [0.1, 0.15) is 5.03 Å². The van der Waals surface area contributed by atoms with E-state index >= 15 is 0 Å². The number of thioether (sulfide) groups is 1. The van der Waals surface area contributed by atoms with Crippen molar-refractivity contribution in [2.75, 3.05) is 0 Å². The summed E-state index contributed by atoms with van der Waals surface area (Å²) in [5.41, 5.74) is 0. The molecular formula is C14H20ClN3OS. The standard InChI is InChI=1S/C14H20ClN3OS/c1-9-3-5-11(6-4-9)16-14(19)10(2)20-13-8-7-12(15)17-18-13/h7-11H,3-6H2,1-2H3,(H,16,19)/t9?,10-,11?/m0/s1. The minimum Gasteiger partial charge on any atom is -0.352 e. The van der Waals surface area contributed by atoms with Gasteiger partial charge in [-0.3, -0.25) is 4.79 Å². The van der Waals surface area contributed by atoms with Gasteiger partial charge in [-0.2, -0.15) is 0 Å². The van der Waals surface area contributed by atoms with E-state index in [0.29, 0.717) is 16.2 Å². The van der Waals surface area contributed by atoms with Crippen LogP contribution in [0.5, 0.6) is 0 Å². The molecule has 6 heteroatoms. The van der Waals surface area contributed by atoms with Gasteiger partial charge in [0.2, 0.25) is 5.91 Å². The number of halogens is 1. The van der Waals surface area contributed by atoms with Crippen LogP contribution in [-0.2, 0) is 4.79 Å². The van der Waals surface area contributed by atoms with Crippen LogP contribution in [0.2, 0.25) is 5.15 Å². The Labute approximate surface area is 129 Å². The number of aromatic nitrogens is 2. The van der Waals surface area contributed by atoms with Crippen LogP contribution in [0.1, 0.15) is 39.5 Å². The zero-order valence-corrected chi connectivity index (χ0v) is 13.4. The van der Waals surface area contributed by atoms with Crippen LogP contribution in [0.4, 0.5) is 0 Å². The van der Waals surface area contributed by atoms with Crippen molar-refractivity contribution in [2.45, 2.75) is 55.8 Å². The summed E-state index contributed by atoms with van der Waals surface area (Å²) in [5, 5.41) is 11.8. The predicted molar refractivity (Wildman–Crippen MR) is 81.9 cm³/mol. The maximum Gasteiger partial charge on any atom is 0.233 e. The zero-order valence-electron chi connectivity index (χ0n) is 11.8. The number of nitrogens with one attached hydrogen (secondary N) is 1. The van der Waals surface area contributed by atoms with Gasteiger partial charge < -0.3 is 5.32 Å². The van der Waals surface area contributed by atoms with Gasteiger partial charge in [0.25, 0.3) is 0 Å². The molecule has 4 nitrogen and oxygen atoms in total. The molecule has 20 heavy (non-hydrogen) atoms. The average molecular weight is 314 g/mol. The summed E-state index contributed by atoms with van der Waals surface area (Å²) >= 11 is 7.09. The Hall–Kier alpha value is -0.810. The van der Waals surface area contributed by atoms with Crippen LogP contribution in [0, 0.1) is 5.92 Å². The lowest BCUT2D eigenvalue weighted by Crippen LogP contribution is -2.41. The van der Waals surface area contributed by atoms with Crippen LogP contribution < -0.4 is 5.32 Å². The van der Waals surface area contributed by atoms with E-state index in [1.807, 2.05) is 6.92 Å². The molecule has 1 heterocycles. The Morgan fingerprint density at radius 3 is 2.65 bits per heavy atom.